The first kappa shape index (κ1) is 49.5. The van der Waals surface area contributed by atoms with Crippen molar-refractivity contribution in [1.82, 2.24) is 5.32 Å². The number of para-hydroxylation sites is 2. The first-order valence-corrected chi connectivity index (χ1v) is 28.0. The molecule has 0 radical (unpaired) electrons. The molecule has 1 aliphatic rings. The lowest BCUT2D eigenvalue weighted by atomic mass is 9.96. The molecule has 0 aliphatic carbocycles. The number of fused-ring (bicyclic) bond motifs is 2. The molecular formula is C78H56N4. The van der Waals surface area contributed by atoms with Gasteiger partial charge in [-0.15, -0.1) is 0 Å². The minimum absolute atomic E-state index is 0.0820. The van der Waals surface area contributed by atoms with Crippen LogP contribution in [0.15, 0.2) is 333 Å². The molecule has 13 aromatic rings. The minimum atomic E-state index is -0.0820. The van der Waals surface area contributed by atoms with E-state index < -0.39 is 0 Å². The maximum Gasteiger partial charge on any atom is 0.134 e. The summed E-state index contributed by atoms with van der Waals surface area (Å²) in [5.74, 6) is 0.853. The second kappa shape index (κ2) is 22.1. The van der Waals surface area contributed by atoms with Crippen molar-refractivity contribution >= 4 is 67.2 Å². The fourth-order valence-electron chi connectivity index (χ4n) is 11.5. The zero-order valence-corrected chi connectivity index (χ0v) is 45.1. The number of aliphatic imine (C=N–C) groups is 1. The molecule has 1 N–H and O–H groups in total. The van der Waals surface area contributed by atoms with Gasteiger partial charge in [-0.2, -0.15) is 0 Å². The van der Waals surface area contributed by atoms with Crippen LogP contribution >= 0.6 is 0 Å². The van der Waals surface area contributed by atoms with Crippen LogP contribution < -0.4 is 15.1 Å². The topological polar surface area (TPSA) is 30.9 Å². The molecule has 14 rings (SSSR count). The Bertz CT molecular complexity index is 4390. The Morgan fingerprint density at radius 2 is 0.573 bits per heavy atom. The Morgan fingerprint density at radius 3 is 0.988 bits per heavy atom. The van der Waals surface area contributed by atoms with Crippen molar-refractivity contribution in [2.45, 2.75) is 6.04 Å². The van der Waals surface area contributed by atoms with E-state index in [0.29, 0.717) is 0 Å². The minimum Gasteiger partial charge on any atom is -0.359 e. The molecule has 1 atom stereocenters. The van der Waals surface area contributed by atoms with Gasteiger partial charge in [-0.05, 0) is 133 Å². The van der Waals surface area contributed by atoms with Gasteiger partial charge in [0.05, 0.1) is 23.1 Å². The third-order valence-corrected chi connectivity index (χ3v) is 15.7. The normalized spacial score (nSPS) is 13.0. The van der Waals surface area contributed by atoms with Crippen LogP contribution in [0.5, 0.6) is 0 Å². The van der Waals surface area contributed by atoms with E-state index in [4.69, 9.17) is 4.99 Å². The first-order chi connectivity index (χ1) is 40.6. The first-order valence-electron chi connectivity index (χ1n) is 28.0. The fraction of sp³-hybridized carbons (Fsp3) is 0.0128. The summed E-state index contributed by atoms with van der Waals surface area (Å²) in [5.41, 5.74) is 20.3. The highest BCUT2D eigenvalue weighted by molar-refractivity contribution is 6.04. The summed E-state index contributed by atoms with van der Waals surface area (Å²) in [4.78, 5) is 9.91. The summed E-state index contributed by atoms with van der Waals surface area (Å²) < 4.78 is 0. The summed E-state index contributed by atoms with van der Waals surface area (Å²) in [6.07, 6.45) is 2.25. The van der Waals surface area contributed by atoms with Crippen molar-refractivity contribution in [3.05, 3.63) is 344 Å². The van der Waals surface area contributed by atoms with Gasteiger partial charge in [-0.3, -0.25) is 0 Å². The monoisotopic (exact) mass is 1050 g/mol. The third-order valence-electron chi connectivity index (χ3n) is 15.7. The lowest BCUT2D eigenvalue weighted by molar-refractivity contribution is 0.781. The summed E-state index contributed by atoms with van der Waals surface area (Å²) in [6.45, 7) is 0. The molecular weight excluding hydrogens is 993 g/mol. The molecule has 388 valence electrons. The van der Waals surface area contributed by atoms with E-state index in [1.165, 1.54) is 60.5 Å². The predicted molar refractivity (Wildman–Crippen MR) is 346 cm³/mol. The van der Waals surface area contributed by atoms with Crippen molar-refractivity contribution in [1.29, 1.82) is 0 Å². The van der Waals surface area contributed by atoms with Gasteiger partial charge in [0.25, 0.3) is 0 Å². The average molecular weight is 1050 g/mol. The van der Waals surface area contributed by atoms with Gasteiger partial charge >= 0.3 is 0 Å². The molecule has 4 nitrogen and oxygen atoms in total. The number of nitrogens with zero attached hydrogens (tertiary/aromatic N) is 3. The van der Waals surface area contributed by atoms with E-state index in [-0.39, 0.29) is 6.04 Å². The molecule has 0 saturated heterocycles. The van der Waals surface area contributed by atoms with Gasteiger partial charge < -0.3 is 15.1 Å². The average Bonchev–Trinajstić information content (AvgIpc) is 3.63. The Kier molecular flexibility index (Phi) is 13.4. The largest absolute Gasteiger partial charge is 0.359 e. The van der Waals surface area contributed by atoms with Crippen LogP contribution in [0.4, 0.5) is 34.1 Å². The van der Waals surface area contributed by atoms with Crippen LogP contribution in [0.1, 0.15) is 22.7 Å². The standard InChI is InChI=1S/C78H56N4/c1-4-18-67(19-5-1)78-79-74(65-42-38-59(39-43-65)55-30-34-57(35-31-55)61-46-50-70(51-47-61)81(68-22-6-2-7-23-68)76-28-14-20-63-16-10-12-26-72(63)76)54-75(80-78)66-44-40-60(41-45-66)56-32-36-58(37-33-56)62-48-52-71(53-49-62)82(69-24-8-3-9-25-69)77-29-15-21-64-17-11-13-27-73(64)77/h1-54,74H,(H,79,80). The number of rotatable bonds is 13. The Hall–Kier alpha value is -10.8. The number of anilines is 6. The second-order valence-corrected chi connectivity index (χ2v) is 20.8. The van der Waals surface area contributed by atoms with E-state index in [0.717, 1.165) is 67.9 Å². The molecule has 0 fully saturated rings. The molecule has 0 bridgehead atoms. The van der Waals surface area contributed by atoms with E-state index in [1.807, 2.05) is 6.07 Å². The van der Waals surface area contributed by atoms with Gasteiger partial charge in [0.2, 0.25) is 0 Å². The van der Waals surface area contributed by atoms with Crippen molar-refractivity contribution in [2.75, 3.05) is 9.80 Å². The number of amidine groups is 1. The number of hydrogen-bond acceptors (Lipinski definition) is 4. The fourth-order valence-corrected chi connectivity index (χ4v) is 11.5. The van der Waals surface area contributed by atoms with Crippen LogP contribution in [0.2, 0.25) is 0 Å². The van der Waals surface area contributed by atoms with Crippen molar-refractivity contribution in [3.8, 4) is 44.5 Å². The zero-order chi connectivity index (χ0) is 54.6. The molecule has 0 aromatic heterocycles. The molecule has 1 heterocycles. The summed E-state index contributed by atoms with van der Waals surface area (Å²) in [5, 5.41) is 8.63. The SMILES string of the molecule is C1=C(c2ccc(-c3ccc(-c4ccc(N(c5ccccc5)c5cccc6ccccc56)cc4)cc3)cc2)N=C(c2ccccc2)NC1c1ccc(-c2ccc(-c3ccc(N(c4ccccc4)c4cccc5ccccc45)cc3)cc2)cc1. The highest BCUT2D eigenvalue weighted by Gasteiger charge is 2.21. The smallest absolute Gasteiger partial charge is 0.134 e. The van der Waals surface area contributed by atoms with Crippen molar-refractivity contribution in [2.24, 2.45) is 4.99 Å². The van der Waals surface area contributed by atoms with Gasteiger partial charge in [0.15, 0.2) is 0 Å². The van der Waals surface area contributed by atoms with Gasteiger partial charge in [0, 0.05) is 39.1 Å². The maximum absolute atomic E-state index is 5.22. The number of benzene rings is 13. The van der Waals surface area contributed by atoms with Crippen LogP contribution in [0.25, 0.3) is 71.7 Å². The van der Waals surface area contributed by atoms with Crippen molar-refractivity contribution < 1.29 is 0 Å². The molecule has 82 heavy (non-hydrogen) atoms. The van der Waals surface area contributed by atoms with Crippen LogP contribution in [0, 0.1) is 0 Å². The lowest BCUT2D eigenvalue weighted by Crippen LogP contribution is -2.31. The Labute approximate surface area is 479 Å². The van der Waals surface area contributed by atoms with E-state index in [9.17, 15) is 0 Å². The van der Waals surface area contributed by atoms with Crippen LogP contribution in [0.3, 0.4) is 0 Å². The summed E-state index contributed by atoms with van der Waals surface area (Å²) in [7, 11) is 0. The lowest BCUT2D eigenvalue weighted by Gasteiger charge is -2.27. The van der Waals surface area contributed by atoms with E-state index in [2.05, 4.69) is 337 Å². The van der Waals surface area contributed by atoms with E-state index in [1.54, 1.807) is 0 Å². The highest BCUT2D eigenvalue weighted by Crippen LogP contribution is 2.42. The molecule has 0 amide bonds. The Balaban J connectivity index is 0.678. The number of nitrogens with one attached hydrogen (secondary N) is 1. The molecule has 4 heteroatoms. The number of hydrogen-bond donors (Lipinski definition) is 1. The quantitative estimate of drug-likeness (QED) is 0.125. The van der Waals surface area contributed by atoms with E-state index >= 15 is 0 Å². The van der Waals surface area contributed by atoms with Gasteiger partial charge in [-0.25, -0.2) is 4.99 Å². The van der Waals surface area contributed by atoms with Gasteiger partial charge in [0.1, 0.15) is 5.84 Å². The molecule has 1 aliphatic heterocycles. The Morgan fingerprint density at radius 1 is 0.256 bits per heavy atom. The van der Waals surface area contributed by atoms with Crippen LogP contribution in [-0.4, -0.2) is 5.84 Å². The molecule has 13 aromatic carbocycles. The molecule has 0 saturated carbocycles. The zero-order valence-electron chi connectivity index (χ0n) is 45.1. The molecule has 0 spiro atoms. The maximum atomic E-state index is 5.22. The molecule has 1 unspecified atom stereocenters. The van der Waals surface area contributed by atoms with Crippen LogP contribution in [-0.2, 0) is 0 Å². The van der Waals surface area contributed by atoms with Gasteiger partial charge in [-0.1, -0.05) is 261 Å². The summed E-state index contributed by atoms with van der Waals surface area (Å²) >= 11 is 0. The third kappa shape index (κ3) is 10.0. The second-order valence-electron chi connectivity index (χ2n) is 20.8. The highest BCUT2D eigenvalue weighted by atomic mass is 15.1. The predicted octanol–water partition coefficient (Wildman–Crippen LogP) is 20.7. The summed E-state index contributed by atoms with van der Waals surface area (Å²) in [6, 6.07) is 115. The van der Waals surface area contributed by atoms with Crippen molar-refractivity contribution in [3.63, 3.8) is 0 Å².